The number of nitrogens with zero attached hydrogens (tertiary/aromatic N) is 2. The van der Waals surface area contributed by atoms with Gasteiger partial charge in [-0.15, -0.1) is 6.58 Å². The molecule has 1 atom stereocenters. The van der Waals surface area contributed by atoms with Gasteiger partial charge in [0.15, 0.2) is 11.4 Å². The molecule has 12 heteroatoms. The Morgan fingerprint density at radius 2 is 2.06 bits per heavy atom. The normalized spacial score (nSPS) is 15.1. The molecule has 0 saturated heterocycles. The number of amides is 1. The number of thioether (sulfide) groups is 1. The van der Waals surface area contributed by atoms with Crippen molar-refractivity contribution in [2.45, 2.75) is 24.6 Å². The third-order valence-corrected chi connectivity index (χ3v) is 6.11. The molecule has 1 aromatic carbocycles. The molecule has 8 nitrogen and oxygen atoms in total. The Bertz CT molecular complexity index is 1150. The molecule has 1 unspecified atom stereocenters. The van der Waals surface area contributed by atoms with Crippen LogP contribution in [0.25, 0.3) is 0 Å². The monoisotopic (exact) mass is 495 g/mol. The second-order valence-corrected chi connectivity index (χ2v) is 8.74. The molecule has 2 aromatic rings. The first kappa shape index (κ1) is 25.4. The van der Waals surface area contributed by atoms with Gasteiger partial charge in [0, 0.05) is 37.4 Å². The lowest BCUT2D eigenvalue weighted by Gasteiger charge is -2.18. The second kappa shape index (κ2) is 11.3. The fourth-order valence-corrected chi connectivity index (χ4v) is 4.21. The number of benzene rings is 1. The van der Waals surface area contributed by atoms with Crippen LogP contribution >= 0.6 is 11.8 Å². The number of allylic oxidation sites excluding steroid dienone is 1. The molecule has 0 spiro atoms. The molecule has 1 aliphatic rings. The largest absolute Gasteiger partial charge is 0.503 e. The summed E-state index contributed by atoms with van der Waals surface area (Å²) in [4.78, 5) is 29.3. The molecule has 0 fully saturated rings. The van der Waals surface area contributed by atoms with Crippen molar-refractivity contribution >= 4 is 22.7 Å². The summed E-state index contributed by atoms with van der Waals surface area (Å²) in [6, 6.07) is 1.18. The van der Waals surface area contributed by atoms with Crippen LogP contribution in [0.3, 0.4) is 0 Å². The summed E-state index contributed by atoms with van der Waals surface area (Å²) in [5.74, 6) is -4.41. The van der Waals surface area contributed by atoms with Crippen molar-refractivity contribution in [1.82, 2.24) is 20.6 Å². The van der Waals surface area contributed by atoms with Crippen LogP contribution in [0.4, 0.5) is 13.2 Å². The number of halogens is 3. The lowest BCUT2D eigenvalue weighted by Crippen LogP contribution is -2.37. The summed E-state index contributed by atoms with van der Waals surface area (Å²) in [6.07, 6.45) is 4.57. The van der Waals surface area contributed by atoms with E-state index < -0.39 is 39.9 Å². The summed E-state index contributed by atoms with van der Waals surface area (Å²) in [6.45, 7) is 4.52. The molecule has 1 aromatic heterocycles. The number of aromatic hydroxyl groups is 1. The predicted octanol–water partition coefficient (Wildman–Crippen LogP) is 2.65. The molecule has 34 heavy (non-hydrogen) atoms. The van der Waals surface area contributed by atoms with Crippen molar-refractivity contribution < 1.29 is 23.1 Å². The number of carbonyl (C=O) groups excluding carboxylic acids is 1. The van der Waals surface area contributed by atoms with E-state index >= 15 is 0 Å². The number of nitrogens with one attached hydrogen (secondary N) is 3. The lowest BCUT2D eigenvalue weighted by molar-refractivity contribution is 0.0774. The summed E-state index contributed by atoms with van der Waals surface area (Å²) in [5, 5.41) is 17.0. The van der Waals surface area contributed by atoms with E-state index in [1.54, 1.807) is 6.08 Å². The van der Waals surface area contributed by atoms with E-state index in [0.717, 1.165) is 24.6 Å². The molecule has 2 heterocycles. The fourth-order valence-electron chi connectivity index (χ4n) is 3.20. The van der Waals surface area contributed by atoms with Crippen molar-refractivity contribution in [3.63, 3.8) is 0 Å². The zero-order chi connectivity index (χ0) is 24.8. The van der Waals surface area contributed by atoms with E-state index in [9.17, 15) is 27.9 Å². The van der Waals surface area contributed by atoms with Gasteiger partial charge in [0.2, 0.25) is 5.43 Å². The lowest BCUT2D eigenvalue weighted by atomic mass is 10.1. The summed E-state index contributed by atoms with van der Waals surface area (Å²) >= 11 is 1.01. The Hall–Kier alpha value is -3.25. The maximum atomic E-state index is 13.9. The summed E-state index contributed by atoms with van der Waals surface area (Å²) in [5.41, 5.74) is 1.24. The second-order valence-electron chi connectivity index (χ2n) is 7.55. The highest BCUT2D eigenvalue weighted by molar-refractivity contribution is 8.15. The van der Waals surface area contributed by atoms with Gasteiger partial charge in [0.25, 0.3) is 5.91 Å². The van der Waals surface area contributed by atoms with Crippen LogP contribution in [-0.2, 0) is 6.42 Å². The number of unbranched alkanes of at least 4 members (excludes halogenated alkanes) is 1. The van der Waals surface area contributed by atoms with Crippen LogP contribution in [0, 0.1) is 17.5 Å². The number of H-pyrrole nitrogens is 1. The van der Waals surface area contributed by atoms with Crippen molar-refractivity contribution in [2.24, 2.45) is 5.10 Å². The zero-order valence-corrected chi connectivity index (χ0v) is 19.1. The van der Waals surface area contributed by atoms with Gasteiger partial charge in [0.05, 0.1) is 17.6 Å². The first-order valence-electron chi connectivity index (χ1n) is 10.4. The van der Waals surface area contributed by atoms with E-state index in [1.165, 1.54) is 18.1 Å². The SMILES string of the molecule is C=CCCCNCN(C)C(=O)c1[nH]cc(C2=NNC(Cc3c(F)cc(F)cc3F)S2)c(=O)c1O. The number of aromatic amines is 1. The molecule has 182 valence electrons. The minimum absolute atomic E-state index is 0.0145. The van der Waals surface area contributed by atoms with Gasteiger partial charge in [0.1, 0.15) is 22.5 Å². The molecule has 0 aliphatic carbocycles. The first-order valence-corrected chi connectivity index (χ1v) is 11.3. The molecular weight excluding hydrogens is 471 g/mol. The quantitative estimate of drug-likeness (QED) is 0.229. The van der Waals surface area contributed by atoms with Crippen molar-refractivity contribution in [1.29, 1.82) is 0 Å². The number of aromatic nitrogens is 1. The number of pyridine rings is 1. The maximum absolute atomic E-state index is 13.9. The average molecular weight is 496 g/mol. The number of hydrogen-bond donors (Lipinski definition) is 4. The van der Waals surface area contributed by atoms with E-state index in [2.05, 4.69) is 27.4 Å². The average Bonchev–Trinajstić information content (AvgIpc) is 3.25. The topological polar surface area (TPSA) is 110 Å². The number of carbonyl (C=O) groups is 1. The summed E-state index contributed by atoms with van der Waals surface area (Å²) in [7, 11) is 1.52. The van der Waals surface area contributed by atoms with Gasteiger partial charge < -0.3 is 15.0 Å². The minimum atomic E-state index is -1.02. The highest BCUT2D eigenvalue weighted by Crippen LogP contribution is 2.27. The standard InChI is InChI=1S/C22H24F3N5O3S/c1-3-4-5-6-26-11-30(2)22(33)18-20(32)19(31)14(10-27-18)21-29-28-17(34-21)9-13-15(24)7-12(23)8-16(13)25/h3,7-8,10,17,26,28,32H,1,4-6,9,11H2,2H3,(H,27,31). The molecular formula is C22H24F3N5O3S. The first-order chi connectivity index (χ1) is 16.2. The summed E-state index contributed by atoms with van der Waals surface area (Å²) < 4.78 is 41.0. The van der Waals surface area contributed by atoms with Crippen LogP contribution in [0.15, 0.2) is 40.9 Å². The third kappa shape index (κ3) is 5.81. The van der Waals surface area contributed by atoms with Gasteiger partial charge >= 0.3 is 0 Å². The van der Waals surface area contributed by atoms with Crippen LogP contribution in [0.1, 0.15) is 34.5 Å². The third-order valence-electron chi connectivity index (χ3n) is 5.02. The van der Waals surface area contributed by atoms with E-state index in [1.807, 2.05) is 0 Å². The van der Waals surface area contributed by atoms with Gasteiger partial charge in [-0.25, -0.2) is 13.2 Å². The molecule has 1 aliphatic heterocycles. The van der Waals surface area contributed by atoms with Crippen LogP contribution in [-0.4, -0.2) is 51.6 Å². The minimum Gasteiger partial charge on any atom is -0.503 e. The van der Waals surface area contributed by atoms with Gasteiger partial charge in [-0.3, -0.25) is 20.3 Å². The van der Waals surface area contributed by atoms with E-state index in [0.29, 0.717) is 18.7 Å². The molecule has 0 radical (unpaired) electrons. The predicted molar refractivity (Wildman–Crippen MR) is 124 cm³/mol. The number of hydrazone groups is 1. The molecule has 3 rings (SSSR count). The highest BCUT2D eigenvalue weighted by atomic mass is 32.2. The van der Waals surface area contributed by atoms with E-state index in [4.69, 9.17) is 0 Å². The van der Waals surface area contributed by atoms with Crippen LogP contribution in [0.5, 0.6) is 5.75 Å². The molecule has 0 saturated carbocycles. The molecule has 1 amide bonds. The van der Waals surface area contributed by atoms with Crippen molar-refractivity contribution in [3.8, 4) is 5.75 Å². The van der Waals surface area contributed by atoms with Crippen molar-refractivity contribution in [3.05, 3.63) is 75.5 Å². The zero-order valence-electron chi connectivity index (χ0n) is 18.3. The Labute approximate surface area is 197 Å². The smallest absolute Gasteiger partial charge is 0.275 e. The van der Waals surface area contributed by atoms with Gasteiger partial charge in [-0.2, -0.15) is 5.10 Å². The van der Waals surface area contributed by atoms with E-state index in [-0.39, 0.29) is 35.0 Å². The molecule has 0 bridgehead atoms. The maximum Gasteiger partial charge on any atom is 0.275 e. The Morgan fingerprint density at radius 3 is 2.74 bits per heavy atom. The van der Waals surface area contributed by atoms with Crippen LogP contribution in [0.2, 0.25) is 0 Å². The molecule has 4 N–H and O–H groups in total. The van der Waals surface area contributed by atoms with Gasteiger partial charge in [-0.1, -0.05) is 17.8 Å². The highest BCUT2D eigenvalue weighted by Gasteiger charge is 2.28. The number of rotatable bonds is 10. The number of hydrogen-bond acceptors (Lipinski definition) is 7. The Balaban J connectivity index is 1.67. The van der Waals surface area contributed by atoms with Crippen LogP contribution < -0.4 is 16.2 Å². The fraction of sp³-hybridized carbons (Fsp3) is 0.318. The van der Waals surface area contributed by atoms with Crippen molar-refractivity contribution in [2.75, 3.05) is 20.3 Å². The Kier molecular flexibility index (Phi) is 8.40. The Morgan fingerprint density at radius 1 is 1.35 bits per heavy atom. The van der Waals surface area contributed by atoms with Gasteiger partial charge in [-0.05, 0) is 19.4 Å².